The smallest absolute Gasteiger partial charge is 0.411 e. The highest BCUT2D eigenvalue weighted by molar-refractivity contribution is 5.84. The quantitative estimate of drug-likeness (QED) is 0.828. The first-order valence-corrected chi connectivity index (χ1v) is 5.24. The molecular weight excluding hydrogens is 206 g/mol. The Kier molecular flexibility index (Phi) is 4.31. The number of amides is 1. The van der Waals surface area contributed by atoms with Crippen molar-refractivity contribution in [3.05, 3.63) is 29.8 Å². The molecule has 0 saturated heterocycles. The lowest BCUT2D eigenvalue weighted by Gasteiger charge is -2.10. The van der Waals surface area contributed by atoms with Crippen LogP contribution in [-0.4, -0.2) is 17.3 Å². The summed E-state index contributed by atoms with van der Waals surface area (Å²) in [6, 6.07) is 6.97. The number of benzene rings is 1. The molecule has 1 aromatic rings. The first-order valence-electron chi connectivity index (χ1n) is 5.24. The summed E-state index contributed by atoms with van der Waals surface area (Å²) in [5.74, 6) is 0. The topological polar surface area (TPSA) is 58.6 Å². The minimum absolute atomic E-state index is 0.142. The van der Waals surface area contributed by atoms with E-state index < -0.39 is 12.2 Å². The molecule has 88 valence electrons. The van der Waals surface area contributed by atoms with Crippen LogP contribution in [0.15, 0.2) is 24.3 Å². The molecule has 0 aromatic heterocycles. The average Bonchev–Trinajstić information content (AvgIpc) is 2.16. The van der Waals surface area contributed by atoms with Crippen LogP contribution in [0.25, 0.3) is 0 Å². The number of aliphatic hydroxyl groups is 1. The minimum Gasteiger partial charge on any atom is -0.447 e. The van der Waals surface area contributed by atoms with Crippen LogP contribution in [0.1, 0.15) is 32.4 Å². The largest absolute Gasteiger partial charge is 0.447 e. The summed E-state index contributed by atoms with van der Waals surface area (Å²) in [7, 11) is 0. The maximum atomic E-state index is 11.3. The molecule has 1 rings (SSSR count). The van der Waals surface area contributed by atoms with Crippen molar-refractivity contribution in [1.82, 2.24) is 0 Å². The molecule has 0 bridgehead atoms. The van der Waals surface area contributed by atoms with E-state index in [0.717, 1.165) is 5.56 Å². The predicted molar refractivity (Wildman–Crippen MR) is 62.3 cm³/mol. The molecule has 0 spiro atoms. The highest BCUT2D eigenvalue weighted by atomic mass is 16.6. The molecule has 2 N–H and O–H groups in total. The lowest BCUT2D eigenvalue weighted by Crippen LogP contribution is -2.17. The number of nitrogens with one attached hydrogen (secondary N) is 1. The van der Waals surface area contributed by atoms with E-state index in [4.69, 9.17) is 4.74 Å². The molecule has 1 amide bonds. The van der Waals surface area contributed by atoms with E-state index in [0.29, 0.717) is 5.69 Å². The second-order valence-corrected chi connectivity index (χ2v) is 3.88. The van der Waals surface area contributed by atoms with Gasteiger partial charge in [-0.05, 0) is 38.5 Å². The van der Waals surface area contributed by atoms with Gasteiger partial charge in [0, 0.05) is 5.69 Å². The van der Waals surface area contributed by atoms with Crippen LogP contribution in [0.3, 0.4) is 0 Å². The van der Waals surface area contributed by atoms with Gasteiger partial charge in [0.2, 0.25) is 0 Å². The van der Waals surface area contributed by atoms with Gasteiger partial charge in [-0.15, -0.1) is 0 Å². The Hall–Kier alpha value is -1.55. The highest BCUT2D eigenvalue weighted by Gasteiger charge is 2.06. The second kappa shape index (κ2) is 5.51. The molecule has 1 unspecified atom stereocenters. The van der Waals surface area contributed by atoms with Crippen LogP contribution in [0.4, 0.5) is 10.5 Å². The minimum atomic E-state index is -0.503. The molecule has 0 saturated carbocycles. The molecular formula is C12H17NO3. The molecule has 0 radical (unpaired) electrons. The summed E-state index contributed by atoms with van der Waals surface area (Å²) in [4.78, 5) is 11.3. The van der Waals surface area contributed by atoms with Gasteiger partial charge in [-0.25, -0.2) is 4.79 Å². The Labute approximate surface area is 95.2 Å². The Bertz CT molecular complexity index is 344. The maximum absolute atomic E-state index is 11.3. The Morgan fingerprint density at radius 3 is 2.25 bits per heavy atom. The number of rotatable bonds is 3. The van der Waals surface area contributed by atoms with E-state index in [2.05, 4.69) is 5.32 Å². The molecule has 4 nitrogen and oxygen atoms in total. The molecule has 0 aliphatic carbocycles. The van der Waals surface area contributed by atoms with E-state index >= 15 is 0 Å². The highest BCUT2D eigenvalue weighted by Crippen LogP contribution is 2.15. The molecule has 0 fully saturated rings. The summed E-state index contributed by atoms with van der Waals surface area (Å²) in [6.45, 7) is 5.27. The van der Waals surface area contributed by atoms with Crippen LogP contribution in [0.5, 0.6) is 0 Å². The van der Waals surface area contributed by atoms with Crippen molar-refractivity contribution >= 4 is 11.8 Å². The van der Waals surface area contributed by atoms with Crippen molar-refractivity contribution in [2.75, 3.05) is 5.32 Å². The van der Waals surface area contributed by atoms with Crippen LogP contribution in [0.2, 0.25) is 0 Å². The van der Waals surface area contributed by atoms with Crippen molar-refractivity contribution in [1.29, 1.82) is 0 Å². The zero-order valence-electron chi connectivity index (χ0n) is 9.73. The Balaban J connectivity index is 2.58. The number of hydrogen-bond acceptors (Lipinski definition) is 3. The summed E-state index contributed by atoms with van der Waals surface area (Å²) in [6.07, 6.45) is -1.12. The number of anilines is 1. The van der Waals surface area contributed by atoms with Gasteiger partial charge < -0.3 is 9.84 Å². The normalized spacial score (nSPS) is 12.3. The van der Waals surface area contributed by atoms with Crippen LogP contribution in [-0.2, 0) is 4.74 Å². The van der Waals surface area contributed by atoms with E-state index in [-0.39, 0.29) is 6.10 Å². The average molecular weight is 223 g/mol. The lowest BCUT2D eigenvalue weighted by molar-refractivity contribution is 0.130. The van der Waals surface area contributed by atoms with Gasteiger partial charge in [-0.2, -0.15) is 0 Å². The number of carbonyl (C=O) groups is 1. The third-order valence-corrected chi connectivity index (χ3v) is 1.98. The summed E-state index contributed by atoms with van der Waals surface area (Å²) >= 11 is 0. The Morgan fingerprint density at radius 1 is 1.25 bits per heavy atom. The fraction of sp³-hybridized carbons (Fsp3) is 0.417. The number of carbonyl (C=O) groups excluding carboxylic acids is 1. The summed E-state index contributed by atoms with van der Waals surface area (Å²) in [5, 5.41) is 11.9. The molecule has 4 heteroatoms. The summed E-state index contributed by atoms with van der Waals surface area (Å²) < 4.78 is 4.93. The SMILES string of the molecule is CC(C)OC(=O)Nc1ccc(C(C)O)cc1. The molecule has 1 atom stereocenters. The van der Waals surface area contributed by atoms with Gasteiger partial charge >= 0.3 is 6.09 Å². The van der Waals surface area contributed by atoms with Crippen molar-refractivity contribution in [2.24, 2.45) is 0 Å². The fourth-order valence-electron chi connectivity index (χ4n) is 1.21. The van der Waals surface area contributed by atoms with E-state index in [1.807, 2.05) is 0 Å². The molecule has 16 heavy (non-hydrogen) atoms. The van der Waals surface area contributed by atoms with Crippen molar-refractivity contribution < 1.29 is 14.6 Å². The third kappa shape index (κ3) is 3.90. The first kappa shape index (κ1) is 12.5. The van der Waals surface area contributed by atoms with Crippen molar-refractivity contribution in [3.8, 4) is 0 Å². The fourth-order valence-corrected chi connectivity index (χ4v) is 1.21. The number of hydrogen-bond donors (Lipinski definition) is 2. The third-order valence-electron chi connectivity index (χ3n) is 1.98. The second-order valence-electron chi connectivity index (χ2n) is 3.88. The van der Waals surface area contributed by atoms with Gasteiger partial charge in [-0.3, -0.25) is 5.32 Å². The summed E-state index contributed by atoms with van der Waals surface area (Å²) in [5.41, 5.74) is 1.46. The molecule has 1 aromatic carbocycles. The van der Waals surface area contributed by atoms with Gasteiger partial charge in [0.05, 0.1) is 12.2 Å². The van der Waals surface area contributed by atoms with Crippen LogP contribution >= 0.6 is 0 Å². The van der Waals surface area contributed by atoms with Gasteiger partial charge in [0.15, 0.2) is 0 Å². The van der Waals surface area contributed by atoms with Crippen LogP contribution < -0.4 is 5.32 Å². The van der Waals surface area contributed by atoms with Gasteiger partial charge in [0.25, 0.3) is 0 Å². The van der Waals surface area contributed by atoms with Gasteiger partial charge in [0.1, 0.15) is 0 Å². The lowest BCUT2D eigenvalue weighted by atomic mass is 10.1. The molecule has 0 heterocycles. The standard InChI is InChI=1S/C12H17NO3/c1-8(2)16-12(15)13-11-6-4-10(5-7-11)9(3)14/h4-9,14H,1-3H3,(H,13,15). The van der Waals surface area contributed by atoms with E-state index in [1.54, 1.807) is 45.0 Å². The van der Waals surface area contributed by atoms with Crippen LogP contribution in [0, 0.1) is 0 Å². The molecule has 0 aliphatic heterocycles. The maximum Gasteiger partial charge on any atom is 0.411 e. The molecule has 0 aliphatic rings. The Morgan fingerprint density at radius 2 is 1.81 bits per heavy atom. The monoisotopic (exact) mass is 223 g/mol. The first-order chi connectivity index (χ1) is 7.49. The predicted octanol–water partition coefficient (Wildman–Crippen LogP) is 2.70. The number of ether oxygens (including phenoxy) is 1. The van der Waals surface area contributed by atoms with Gasteiger partial charge in [-0.1, -0.05) is 12.1 Å². The van der Waals surface area contributed by atoms with Crippen molar-refractivity contribution in [2.45, 2.75) is 33.0 Å². The zero-order valence-corrected chi connectivity index (χ0v) is 9.73. The van der Waals surface area contributed by atoms with Crippen molar-refractivity contribution in [3.63, 3.8) is 0 Å². The van der Waals surface area contributed by atoms with E-state index in [1.165, 1.54) is 0 Å². The number of aliphatic hydroxyl groups excluding tert-OH is 1. The zero-order chi connectivity index (χ0) is 12.1. The van der Waals surface area contributed by atoms with E-state index in [9.17, 15) is 9.90 Å².